The Labute approximate surface area is 175 Å². The Morgan fingerprint density at radius 2 is 1.67 bits per heavy atom. The number of amides is 1. The van der Waals surface area contributed by atoms with Gasteiger partial charge in [-0.25, -0.2) is 4.98 Å². The first kappa shape index (κ1) is 19.3. The van der Waals surface area contributed by atoms with E-state index >= 15 is 0 Å². The summed E-state index contributed by atoms with van der Waals surface area (Å²) in [6, 6.07) is 23.2. The summed E-state index contributed by atoms with van der Waals surface area (Å²) in [6.45, 7) is 0.637. The van der Waals surface area contributed by atoms with Crippen LogP contribution in [0.3, 0.4) is 0 Å². The fraction of sp³-hybridized carbons (Fsp3) is 0.0833. The largest absolute Gasteiger partial charge is 0.368 e. The van der Waals surface area contributed by atoms with Crippen molar-refractivity contribution in [2.75, 3.05) is 16.8 Å². The lowest BCUT2D eigenvalue weighted by Crippen LogP contribution is -2.18. The number of aromatic nitrogens is 3. The average molecular weight is 395 g/mol. The number of rotatable bonds is 8. The number of hydrogen-bond donors (Lipinski definition) is 1. The molecule has 0 atom stereocenters. The molecule has 0 spiro atoms. The Morgan fingerprint density at radius 3 is 2.40 bits per heavy atom. The highest BCUT2D eigenvalue weighted by Gasteiger charge is 2.15. The maximum Gasteiger partial charge on any atom is 0.218 e. The molecule has 1 amide bonds. The molecule has 0 bridgehead atoms. The molecule has 4 aromatic rings. The van der Waals surface area contributed by atoms with E-state index in [9.17, 15) is 4.79 Å². The Morgan fingerprint density at radius 1 is 0.867 bits per heavy atom. The molecule has 0 radical (unpaired) electrons. The number of carbonyl (C=O) groups is 1. The lowest BCUT2D eigenvalue weighted by molar-refractivity contribution is -0.106. The molecule has 30 heavy (non-hydrogen) atoms. The van der Waals surface area contributed by atoms with Crippen molar-refractivity contribution >= 4 is 23.6 Å². The molecule has 4 rings (SSSR count). The smallest absolute Gasteiger partial charge is 0.218 e. The summed E-state index contributed by atoms with van der Waals surface area (Å²) in [4.78, 5) is 26.7. The monoisotopic (exact) mass is 395 g/mol. The zero-order valence-electron chi connectivity index (χ0n) is 16.3. The molecule has 3 aromatic heterocycles. The molecule has 0 saturated carbocycles. The second-order valence-electron chi connectivity index (χ2n) is 6.61. The van der Waals surface area contributed by atoms with Gasteiger partial charge in [0, 0.05) is 42.8 Å². The molecule has 3 heterocycles. The number of hydrogen-bond acceptors (Lipinski definition) is 5. The highest BCUT2D eigenvalue weighted by atomic mass is 16.1. The number of carbonyl (C=O) groups excluding carboxylic acids is 1. The Bertz CT molecular complexity index is 1090. The summed E-state index contributed by atoms with van der Waals surface area (Å²) in [6.07, 6.45) is 6.64. The van der Waals surface area contributed by atoms with Crippen LogP contribution < -0.4 is 10.2 Å². The van der Waals surface area contributed by atoms with Gasteiger partial charge in [-0.05, 0) is 36.4 Å². The van der Waals surface area contributed by atoms with Crippen molar-refractivity contribution in [3.05, 3.63) is 97.1 Å². The average Bonchev–Trinajstić information content (AvgIpc) is 2.82. The number of benzene rings is 1. The molecule has 148 valence electrons. The quantitative estimate of drug-likeness (QED) is 0.445. The van der Waals surface area contributed by atoms with Crippen molar-refractivity contribution in [3.8, 4) is 11.3 Å². The minimum atomic E-state index is 0.635. The van der Waals surface area contributed by atoms with Crippen LogP contribution in [0.5, 0.6) is 0 Å². The van der Waals surface area contributed by atoms with Gasteiger partial charge >= 0.3 is 0 Å². The maximum atomic E-state index is 11.9. The van der Waals surface area contributed by atoms with Crippen molar-refractivity contribution in [2.45, 2.75) is 6.42 Å². The molecule has 0 aliphatic carbocycles. The van der Waals surface area contributed by atoms with Gasteiger partial charge in [0.1, 0.15) is 0 Å². The minimum absolute atomic E-state index is 0.635. The molecule has 0 unspecified atom stereocenters. The summed E-state index contributed by atoms with van der Waals surface area (Å²) in [7, 11) is 0. The number of anilines is 3. The highest BCUT2D eigenvalue weighted by molar-refractivity contribution is 5.91. The third kappa shape index (κ3) is 4.50. The summed E-state index contributed by atoms with van der Waals surface area (Å²) < 4.78 is 0. The van der Waals surface area contributed by atoms with Crippen molar-refractivity contribution < 1.29 is 4.79 Å². The molecule has 6 nitrogen and oxygen atoms in total. The highest BCUT2D eigenvalue weighted by Crippen LogP contribution is 2.32. The van der Waals surface area contributed by atoms with Crippen molar-refractivity contribution in [3.63, 3.8) is 0 Å². The van der Waals surface area contributed by atoms with Crippen LogP contribution in [0.4, 0.5) is 17.2 Å². The van der Waals surface area contributed by atoms with Crippen LogP contribution in [-0.4, -0.2) is 27.9 Å². The number of nitrogens with zero attached hydrogens (tertiary/aromatic N) is 4. The van der Waals surface area contributed by atoms with Gasteiger partial charge in [-0.15, -0.1) is 0 Å². The molecule has 0 saturated heterocycles. The zero-order chi connectivity index (χ0) is 20.6. The zero-order valence-corrected chi connectivity index (χ0v) is 16.3. The predicted octanol–water partition coefficient (Wildman–Crippen LogP) is 4.49. The fourth-order valence-electron chi connectivity index (χ4n) is 3.16. The molecule has 1 N–H and O–H groups in total. The molecule has 0 aliphatic heterocycles. The second kappa shape index (κ2) is 9.43. The lowest BCUT2D eigenvalue weighted by atomic mass is 10.1. The molecule has 0 aliphatic rings. The standard InChI is InChI=1S/C24H21N5O/c30-18-29(21-12-15-25-16-13-21)23-10-9-22(19-6-2-1-3-7-19)28-24(23)27-17-11-20-8-4-5-14-26-20/h1-10,12-16,18H,11,17H2,(H,27,28). The maximum absolute atomic E-state index is 11.9. The third-order valence-electron chi connectivity index (χ3n) is 4.65. The third-order valence-corrected chi connectivity index (χ3v) is 4.65. The first-order valence-corrected chi connectivity index (χ1v) is 9.70. The van der Waals surface area contributed by atoms with Crippen LogP contribution in [0.2, 0.25) is 0 Å². The van der Waals surface area contributed by atoms with Gasteiger partial charge < -0.3 is 5.32 Å². The van der Waals surface area contributed by atoms with E-state index in [-0.39, 0.29) is 0 Å². The van der Waals surface area contributed by atoms with E-state index in [1.165, 1.54) is 0 Å². The summed E-state index contributed by atoms with van der Waals surface area (Å²) in [5, 5.41) is 3.39. The summed E-state index contributed by atoms with van der Waals surface area (Å²) >= 11 is 0. The Balaban J connectivity index is 1.66. The molecule has 0 fully saturated rings. The van der Waals surface area contributed by atoms with E-state index in [1.807, 2.05) is 60.7 Å². The minimum Gasteiger partial charge on any atom is -0.368 e. The Hall–Kier alpha value is -4.06. The van der Waals surface area contributed by atoms with Crippen molar-refractivity contribution in [2.24, 2.45) is 0 Å². The van der Waals surface area contributed by atoms with Crippen LogP contribution >= 0.6 is 0 Å². The fourth-order valence-corrected chi connectivity index (χ4v) is 3.16. The van der Waals surface area contributed by atoms with Gasteiger partial charge in [0.25, 0.3) is 0 Å². The molecular weight excluding hydrogens is 374 g/mol. The van der Waals surface area contributed by atoms with Crippen LogP contribution in [0.15, 0.2) is 91.4 Å². The number of nitrogens with one attached hydrogen (secondary N) is 1. The summed E-state index contributed by atoms with van der Waals surface area (Å²) in [5.74, 6) is 0.635. The van der Waals surface area contributed by atoms with E-state index in [0.717, 1.165) is 35.5 Å². The van der Waals surface area contributed by atoms with Gasteiger partial charge in [-0.3, -0.25) is 19.7 Å². The second-order valence-corrected chi connectivity index (χ2v) is 6.61. The van der Waals surface area contributed by atoms with Crippen LogP contribution in [-0.2, 0) is 11.2 Å². The van der Waals surface area contributed by atoms with Gasteiger partial charge in [0.05, 0.1) is 17.1 Å². The van der Waals surface area contributed by atoms with E-state index in [2.05, 4.69) is 15.3 Å². The van der Waals surface area contributed by atoms with E-state index in [1.54, 1.807) is 35.6 Å². The predicted molar refractivity (Wildman–Crippen MR) is 119 cm³/mol. The van der Waals surface area contributed by atoms with E-state index in [0.29, 0.717) is 18.1 Å². The topological polar surface area (TPSA) is 71.0 Å². The Kier molecular flexibility index (Phi) is 6.05. The van der Waals surface area contributed by atoms with Crippen molar-refractivity contribution in [1.29, 1.82) is 0 Å². The van der Waals surface area contributed by atoms with E-state index in [4.69, 9.17) is 4.98 Å². The molecular formula is C24H21N5O. The van der Waals surface area contributed by atoms with Gasteiger partial charge in [0.15, 0.2) is 5.82 Å². The molecule has 6 heteroatoms. The first-order valence-electron chi connectivity index (χ1n) is 9.70. The lowest BCUT2D eigenvalue weighted by Gasteiger charge is -2.21. The number of pyridine rings is 3. The van der Waals surface area contributed by atoms with Crippen LogP contribution in [0.25, 0.3) is 11.3 Å². The molecule has 1 aromatic carbocycles. The van der Waals surface area contributed by atoms with Crippen molar-refractivity contribution in [1.82, 2.24) is 15.0 Å². The van der Waals surface area contributed by atoms with E-state index < -0.39 is 0 Å². The summed E-state index contributed by atoms with van der Waals surface area (Å²) in [5.41, 5.74) is 4.24. The van der Waals surface area contributed by atoms with Crippen LogP contribution in [0, 0.1) is 0 Å². The van der Waals surface area contributed by atoms with Gasteiger partial charge in [-0.1, -0.05) is 36.4 Å². The van der Waals surface area contributed by atoms with Gasteiger partial charge in [-0.2, -0.15) is 0 Å². The van der Waals surface area contributed by atoms with Gasteiger partial charge in [0.2, 0.25) is 6.41 Å². The van der Waals surface area contributed by atoms with Crippen LogP contribution in [0.1, 0.15) is 5.69 Å². The SMILES string of the molecule is O=CN(c1ccncc1)c1ccc(-c2ccccc2)nc1NCCc1ccccn1. The normalized spacial score (nSPS) is 10.4. The first-order chi connectivity index (χ1) is 14.8.